The lowest BCUT2D eigenvalue weighted by atomic mass is 10.2. The van der Waals surface area contributed by atoms with Gasteiger partial charge in [-0.1, -0.05) is 11.6 Å². The average molecular weight is 265 g/mol. The molecule has 2 aromatic rings. The van der Waals surface area contributed by atoms with E-state index in [0.717, 1.165) is 17.0 Å². The van der Waals surface area contributed by atoms with E-state index < -0.39 is 5.97 Å². The Morgan fingerprint density at radius 2 is 2.00 bits per heavy atom. The highest BCUT2D eigenvalue weighted by molar-refractivity contribution is 6.33. The molecule has 94 valence electrons. The number of benzene rings is 1. The summed E-state index contributed by atoms with van der Waals surface area (Å²) in [6, 6.07) is 4.86. The topological polar surface area (TPSA) is 55.1 Å². The molecule has 2 rings (SSSR count). The Bertz CT molecular complexity index is 632. The zero-order valence-corrected chi connectivity index (χ0v) is 11.1. The molecule has 0 unspecified atom stereocenters. The third-order valence-corrected chi connectivity index (χ3v) is 3.41. The van der Waals surface area contributed by atoms with Crippen LogP contribution in [0.25, 0.3) is 5.69 Å². The van der Waals surface area contributed by atoms with Gasteiger partial charge in [-0.2, -0.15) is 5.10 Å². The van der Waals surface area contributed by atoms with Crippen molar-refractivity contribution in [3.05, 3.63) is 45.7 Å². The van der Waals surface area contributed by atoms with Crippen LogP contribution in [0.5, 0.6) is 0 Å². The second-order valence-electron chi connectivity index (χ2n) is 4.18. The molecule has 0 spiro atoms. The van der Waals surface area contributed by atoms with Crippen molar-refractivity contribution < 1.29 is 9.90 Å². The maximum absolute atomic E-state index is 11.0. The van der Waals surface area contributed by atoms with E-state index in [1.807, 2.05) is 20.8 Å². The van der Waals surface area contributed by atoms with Gasteiger partial charge in [0.25, 0.3) is 0 Å². The second kappa shape index (κ2) is 4.46. The maximum atomic E-state index is 11.0. The fraction of sp³-hybridized carbons (Fsp3) is 0.231. The van der Waals surface area contributed by atoms with Crippen molar-refractivity contribution >= 4 is 17.6 Å². The van der Waals surface area contributed by atoms with Crippen molar-refractivity contribution in [3.8, 4) is 5.69 Å². The molecule has 1 aromatic carbocycles. The van der Waals surface area contributed by atoms with E-state index in [0.29, 0.717) is 5.69 Å². The summed E-state index contributed by atoms with van der Waals surface area (Å²) in [5.74, 6) is -1.04. The van der Waals surface area contributed by atoms with E-state index in [4.69, 9.17) is 16.7 Å². The minimum Gasteiger partial charge on any atom is -0.478 e. The van der Waals surface area contributed by atoms with Gasteiger partial charge in [0, 0.05) is 5.69 Å². The Kier molecular flexibility index (Phi) is 3.13. The molecule has 0 aliphatic heterocycles. The van der Waals surface area contributed by atoms with Gasteiger partial charge < -0.3 is 5.11 Å². The molecule has 5 heteroatoms. The van der Waals surface area contributed by atoms with Crippen LogP contribution in [0.15, 0.2) is 18.2 Å². The predicted molar refractivity (Wildman–Crippen MR) is 69.7 cm³/mol. The van der Waals surface area contributed by atoms with Crippen LogP contribution in [0.1, 0.15) is 27.3 Å². The number of hydrogen-bond acceptors (Lipinski definition) is 2. The van der Waals surface area contributed by atoms with Crippen LogP contribution >= 0.6 is 11.6 Å². The van der Waals surface area contributed by atoms with Crippen molar-refractivity contribution in [2.24, 2.45) is 0 Å². The normalized spacial score (nSPS) is 10.7. The molecule has 1 aromatic heterocycles. The number of carboxylic acid groups (broad SMARTS) is 1. The molecule has 0 saturated carbocycles. The van der Waals surface area contributed by atoms with Gasteiger partial charge in [-0.15, -0.1) is 0 Å². The third kappa shape index (κ3) is 1.99. The molecule has 4 nitrogen and oxygen atoms in total. The minimum absolute atomic E-state index is 0.0828. The molecule has 0 amide bonds. The van der Waals surface area contributed by atoms with Crippen LogP contribution in [0.3, 0.4) is 0 Å². The largest absolute Gasteiger partial charge is 0.478 e. The van der Waals surface area contributed by atoms with Crippen molar-refractivity contribution in [3.63, 3.8) is 0 Å². The Morgan fingerprint density at radius 3 is 2.50 bits per heavy atom. The lowest BCUT2D eigenvalue weighted by Gasteiger charge is -2.07. The summed E-state index contributed by atoms with van der Waals surface area (Å²) in [5, 5.41) is 13.7. The zero-order valence-electron chi connectivity index (χ0n) is 10.4. The van der Waals surface area contributed by atoms with Gasteiger partial charge in [-0.25, -0.2) is 9.48 Å². The first-order chi connectivity index (χ1) is 8.41. The van der Waals surface area contributed by atoms with Crippen LogP contribution < -0.4 is 0 Å². The summed E-state index contributed by atoms with van der Waals surface area (Å²) < 4.78 is 1.73. The van der Waals surface area contributed by atoms with E-state index in [9.17, 15) is 4.79 Å². The van der Waals surface area contributed by atoms with Gasteiger partial charge in [0.15, 0.2) is 0 Å². The van der Waals surface area contributed by atoms with E-state index in [1.54, 1.807) is 16.8 Å². The van der Waals surface area contributed by atoms with Crippen LogP contribution in [0.2, 0.25) is 5.02 Å². The minimum atomic E-state index is -1.04. The number of carbonyl (C=O) groups is 1. The smallest absolute Gasteiger partial charge is 0.337 e. The lowest BCUT2D eigenvalue weighted by molar-refractivity contribution is 0.0697. The number of aromatic carboxylic acids is 1. The van der Waals surface area contributed by atoms with Gasteiger partial charge in [-0.05, 0) is 44.5 Å². The molecule has 0 fully saturated rings. The first-order valence-corrected chi connectivity index (χ1v) is 5.85. The number of carboxylic acids is 1. The Hall–Kier alpha value is -1.81. The molecule has 18 heavy (non-hydrogen) atoms. The monoisotopic (exact) mass is 264 g/mol. The van der Waals surface area contributed by atoms with Crippen LogP contribution in [-0.2, 0) is 0 Å². The number of nitrogens with zero attached hydrogens (tertiary/aromatic N) is 2. The number of aromatic nitrogens is 2. The first kappa shape index (κ1) is 12.6. The highest BCUT2D eigenvalue weighted by Crippen LogP contribution is 2.22. The first-order valence-electron chi connectivity index (χ1n) is 5.48. The van der Waals surface area contributed by atoms with Gasteiger partial charge in [-0.3, -0.25) is 0 Å². The van der Waals surface area contributed by atoms with Crippen molar-refractivity contribution in [1.29, 1.82) is 0 Å². The highest BCUT2D eigenvalue weighted by atomic mass is 35.5. The maximum Gasteiger partial charge on any atom is 0.337 e. The summed E-state index contributed by atoms with van der Waals surface area (Å²) in [7, 11) is 0. The SMILES string of the molecule is Cc1nn(-c2ccc(Cl)c(C(=O)O)c2)c(C)c1C. The molecule has 1 N–H and O–H groups in total. The number of rotatable bonds is 2. The predicted octanol–water partition coefficient (Wildman–Crippen LogP) is 3.15. The third-order valence-electron chi connectivity index (χ3n) is 3.08. The fourth-order valence-corrected chi connectivity index (χ4v) is 1.98. The standard InChI is InChI=1S/C13H13ClN2O2/c1-7-8(2)15-16(9(7)3)10-4-5-12(14)11(6-10)13(17)18/h4-6H,1-3H3,(H,17,18). The van der Waals surface area contributed by atoms with Crippen molar-refractivity contribution in [2.45, 2.75) is 20.8 Å². The molecular weight excluding hydrogens is 252 g/mol. The summed E-state index contributed by atoms with van der Waals surface area (Å²) in [4.78, 5) is 11.0. The van der Waals surface area contributed by atoms with Crippen LogP contribution in [0.4, 0.5) is 0 Å². The lowest BCUT2D eigenvalue weighted by Crippen LogP contribution is -2.03. The second-order valence-corrected chi connectivity index (χ2v) is 4.58. The summed E-state index contributed by atoms with van der Waals surface area (Å²) in [6.45, 7) is 5.86. The van der Waals surface area contributed by atoms with Crippen LogP contribution in [0, 0.1) is 20.8 Å². The molecule has 0 bridgehead atoms. The Labute approximate surface area is 110 Å². The van der Waals surface area contributed by atoms with E-state index >= 15 is 0 Å². The summed E-state index contributed by atoms with van der Waals surface area (Å²) in [5.41, 5.74) is 3.80. The highest BCUT2D eigenvalue weighted by Gasteiger charge is 2.13. The van der Waals surface area contributed by atoms with Crippen LogP contribution in [-0.4, -0.2) is 20.9 Å². The average Bonchev–Trinajstić information content (AvgIpc) is 2.57. The molecule has 0 aliphatic rings. The molecule has 0 atom stereocenters. The van der Waals surface area contributed by atoms with Crippen molar-refractivity contribution in [1.82, 2.24) is 9.78 Å². The molecule has 0 saturated heterocycles. The molecule has 0 radical (unpaired) electrons. The Balaban J connectivity index is 2.61. The van der Waals surface area contributed by atoms with E-state index in [-0.39, 0.29) is 10.6 Å². The fourth-order valence-electron chi connectivity index (χ4n) is 1.78. The van der Waals surface area contributed by atoms with Gasteiger partial charge in [0.05, 0.1) is 22.0 Å². The quantitative estimate of drug-likeness (QED) is 0.907. The van der Waals surface area contributed by atoms with E-state index in [2.05, 4.69) is 5.10 Å². The number of aryl methyl sites for hydroxylation is 1. The number of hydrogen-bond donors (Lipinski definition) is 1. The molecule has 1 heterocycles. The Morgan fingerprint density at radius 1 is 1.33 bits per heavy atom. The molecule has 0 aliphatic carbocycles. The summed E-state index contributed by atoms with van der Waals surface area (Å²) >= 11 is 5.84. The van der Waals surface area contributed by atoms with Gasteiger partial charge in [0.1, 0.15) is 0 Å². The van der Waals surface area contributed by atoms with Gasteiger partial charge >= 0.3 is 5.97 Å². The molecular formula is C13H13ClN2O2. The number of halogens is 1. The zero-order chi connectivity index (χ0) is 13.4. The van der Waals surface area contributed by atoms with E-state index in [1.165, 1.54) is 6.07 Å². The summed E-state index contributed by atoms with van der Waals surface area (Å²) in [6.07, 6.45) is 0. The van der Waals surface area contributed by atoms with Gasteiger partial charge in [0.2, 0.25) is 0 Å². The van der Waals surface area contributed by atoms with Crippen molar-refractivity contribution in [2.75, 3.05) is 0 Å².